The van der Waals surface area contributed by atoms with Crippen LogP contribution in [0.2, 0.25) is 0 Å². The van der Waals surface area contributed by atoms with Crippen molar-refractivity contribution < 1.29 is 27.2 Å². The summed E-state index contributed by atoms with van der Waals surface area (Å²) in [7, 11) is -1.75. The second-order valence-electron chi connectivity index (χ2n) is 12.9. The predicted molar refractivity (Wildman–Crippen MR) is 169 cm³/mol. The van der Waals surface area contributed by atoms with Crippen molar-refractivity contribution >= 4 is 55.3 Å². The van der Waals surface area contributed by atoms with Gasteiger partial charge in [0.25, 0.3) is 0 Å². The average Bonchev–Trinajstić information content (AvgIpc) is 3.67. The molecule has 3 aromatic rings. The summed E-state index contributed by atoms with van der Waals surface area (Å²) in [5, 5.41) is 3.73. The second-order valence-corrected chi connectivity index (χ2v) is 15.3. The number of nitrogens with two attached hydrogens (primary N) is 1. The number of ether oxygens (including phenoxy) is 3. The number of morpholine rings is 1. The molecule has 0 saturated carbocycles. The van der Waals surface area contributed by atoms with Crippen LogP contribution >= 0.6 is 11.3 Å². The van der Waals surface area contributed by atoms with Crippen LogP contribution < -0.4 is 20.7 Å². The Hall–Kier alpha value is -3.02. The van der Waals surface area contributed by atoms with Crippen molar-refractivity contribution in [3.05, 3.63) is 29.2 Å². The number of aromatic nitrogens is 3. The van der Waals surface area contributed by atoms with Crippen molar-refractivity contribution in [3.63, 3.8) is 0 Å². The lowest BCUT2D eigenvalue weighted by Crippen LogP contribution is -2.64. The Morgan fingerprint density at radius 2 is 1.91 bits per heavy atom. The number of nitrogens with one attached hydrogen (secondary N) is 1. The quantitative estimate of drug-likeness (QED) is 0.400. The van der Waals surface area contributed by atoms with Crippen molar-refractivity contribution in [2.75, 3.05) is 69.8 Å². The summed E-state index contributed by atoms with van der Waals surface area (Å²) < 4.78 is 64.3. The number of fused-ring (bicyclic) bond motifs is 5. The number of halogens is 2. The number of benzene rings is 1. The summed E-state index contributed by atoms with van der Waals surface area (Å²) in [6, 6.07) is 2.96. The number of hydrogen-bond donors (Lipinski definition) is 2. The number of thiazole rings is 1. The predicted octanol–water partition coefficient (Wildman–Crippen LogP) is 2.17. The van der Waals surface area contributed by atoms with Crippen LogP contribution in [0.1, 0.15) is 30.5 Å². The van der Waals surface area contributed by atoms with Gasteiger partial charge in [-0.2, -0.15) is 9.97 Å². The molecule has 244 valence electrons. The maximum Gasteiger partial charge on any atom is 0.319 e. The molecule has 16 heteroatoms. The van der Waals surface area contributed by atoms with Gasteiger partial charge in [0.1, 0.15) is 23.5 Å². The zero-order valence-electron chi connectivity index (χ0n) is 25.0. The fourth-order valence-electron chi connectivity index (χ4n) is 7.93. The van der Waals surface area contributed by atoms with Crippen molar-refractivity contribution in [2.24, 2.45) is 0 Å². The minimum Gasteiger partial charge on any atom is -0.461 e. The normalized spacial score (nSPS) is 31.1. The van der Waals surface area contributed by atoms with E-state index in [2.05, 4.69) is 20.1 Å². The van der Waals surface area contributed by atoms with Crippen LogP contribution in [0.25, 0.3) is 22.0 Å². The number of hydrogen-bond acceptors (Lipinski definition) is 12. The number of piperazine rings is 1. The van der Waals surface area contributed by atoms with Gasteiger partial charge >= 0.3 is 6.01 Å². The van der Waals surface area contributed by atoms with Gasteiger partial charge in [0, 0.05) is 31.6 Å². The van der Waals surface area contributed by atoms with Gasteiger partial charge in [-0.1, -0.05) is 11.3 Å². The Kier molecular flexibility index (Phi) is 6.98. The minimum atomic E-state index is -1.75. The lowest BCUT2D eigenvalue weighted by atomic mass is 9.95. The molecule has 0 spiro atoms. The summed E-state index contributed by atoms with van der Waals surface area (Å²) in [4.78, 5) is 19.2. The molecule has 46 heavy (non-hydrogen) atoms. The van der Waals surface area contributed by atoms with E-state index in [4.69, 9.17) is 29.9 Å². The van der Waals surface area contributed by atoms with Gasteiger partial charge in [0.15, 0.2) is 21.9 Å². The zero-order chi connectivity index (χ0) is 31.2. The third-order valence-electron chi connectivity index (χ3n) is 10.1. The van der Waals surface area contributed by atoms with E-state index in [9.17, 15) is 13.0 Å². The van der Waals surface area contributed by atoms with Crippen LogP contribution in [0.3, 0.4) is 0 Å². The molecule has 3 N–H and O–H groups in total. The van der Waals surface area contributed by atoms with Crippen LogP contribution in [0.5, 0.6) is 6.01 Å². The Labute approximate surface area is 270 Å². The summed E-state index contributed by atoms with van der Waals surface area (Å²) in [5.74, 6) is 0.135. The first-order chi connectivity index (χ1) is 22.4. The van der Waals surface area contributed by atoms with Gasteiger partial charge in [0.2, 0.25) is 0 Å². The topological polar surface area (TPSA) is 131 Å². The van der Waals surface area contributed by atoms with Crippen molar-refractivity contribution in [1.82, 2.24) is 29.5 Å². The molecule has 0 radical (unpaired) electrons. The third kappa shape index (κ3) is 4.55. The molecular weight excluding hydrogens is 639 g/mol. The Bertz CT molecular complexity index is 1750. The zero-order valence-corrected chi connectivity index (χ0v) is 26.6. The van der Waals surface area contributed by atoms with Gasteiger partial charge < -0.3 is 30.2 Å². The van der Waals surface area contributed by atoms with Gasteiger partial charge in [-0.25, -0.2) is 18.0 Å². The average molecular weight is 673 g/mol. The molecule has 5 saturated heterocycles. The van der Waals surface area contributed by atoms with Gasteiger partial charge in [-0.05, 0) is 37.6 Å². The van der Waals surface area contributed by atoms with E-state index in [0.29, 0.717) is 90.4 Å². The maximum atomic E-state index is 14.9. The molecule has 5 fully saturated rings. The number of anilines is 2. The van der Waals surface area contributed by atoms with Crippen LogP contribution in [-0.4, -0.2) is 117 Å². The highest BCUT2D eigenvalue weighted by Gasteiger charge is 2.50. The minimum absolute atomic E-state index is 0.0250. The first kappa shape index (κ1) is 29.1. The molecule has 6 aliphatic rings. The number of nitrogen functional groups attached to an aromatic ring is 1. The molecule has 1 aromatic carbocycles. The first-order valence-electron chi connectivity index (χ1n) is 15.7. The van der Waals surface area contributed by atoms with Gasteiger partial charge in [0.05, 0.1) is 71.7 Å². The smallest absolute Gasteiger partial charge is 0.319 e. The van der Waals surface area contributed by atoms with E-state index in [1.165, 1.54) is 6.07 Å². The van der Waals surface area contributed by atoms with E-state index >= 15 is 0 Å². The molecule has 8 heterocycles. The first-order valence-corrected chi connectivity index (χ1v) is 17.7. The summed E-state index contributed by atoms with van der Waals surface area (Å²) in [6.07, 6.45) is 3.26. The molecule has 5 atom stereocenters. The number of nitrogens with zero attached hydrogens (tertiary/aromatic N) is 6. The lowest BCUT2D eigenvalue weighted by Gasteiger charge is -2.48. The molecule has 0 amide bonds. The maximum absolute atomic E-state index is 14.9. The molecule has 4 unspecified atom stereocenters. The fraction of sp³-hybridized carbons (Fsp3) is 0.567. The molecule has 6 aliphatic heterocycles. The van der Waals surface area contributed by atoms with Crippen LogP contribution in [0.15, 0.2) is 17.0 Å². The summed E-state index contributed by atoms with van der Waals surface area (Å²) in [6.45, 7) is 4.70. The Morgan fingerprint density at radius 3 is 2.70 bits per heavy atom. The molecule has 12 nitrogen and oxygen atoms in total. The summed E-state index contributed by atoms with van der Waals surface area (Å²) >= 11 is 1.08. The summed E-state index contributed by atoms with van der Waals surface area (Å²) in [5.41, 5.74) is 7.70. The second kappa shape index (κ2) is 11.0. The van der Waals surface area contributed by atoms with Crippen molar-refractivity contribution in [2.45, 2.75) is 54.0 Å². The lowest BCUT2D eigenvalue weighted by molar-refractivity contribution is -0.0218. The van der Waals surface area contributed by atoms with E-state index < -0.39 is 23.0 Å². The standard InChI is InChI=1S/C30H34F2N8O4S2/c31-16-7-30(4-1-5-38(30)10-16)15-44-29-35-22-6-23(20-2-3-21(32)25-24(20)36-28(33)45-25)40(19-13-43-14-19)46(41)26(22)27(37-29)39-17-8-34-9-18(39)12-42-11-17/h2-3,6,16-19,34H,1,4-5,7-15H2,(H2,33,36)/t16?,17?,18?,30-,46?/m0/s1. The van der Waals surface area contributed by atoms with E-state index in [-0.39, 0.29) is 41.4 Å². The van der Waals surface area contributed by atoms with E-state index in [0.717, 1.165) is 30.7 Å². The molecule has 2 aromatic heterocycles. The molecule has 9 rings (SSSR count). The van der Waals surface area contributed by atoms with Crippen LogP contribution in [0, 0.1) is 5.82 Å². The molecule has 2 bridgehead atoms. The van der Waals surface area contributed by atoms with Crippen LogP contribution in [-0.2, 0) is 20.5 Å². The Balaban J connectivity index is 1.20. The van der Waals surface area contributed by atoms with E-state index in [1.807, 2.05) is 10.4 Å². The fourth-order valence-corrected chi connectivity index (χ4v) is 10.2. The van der Waals surface area contributed by atoms with E-state index in [1.54, 1.807) is 6.07 Å². The molecule has 0 aliphatic carbocycles. The van der Waals surface area contributed by atoms with Crippen molar-refractivity contribution in [3.8, 4) is 6.01 Å². The highest BCUT2D eigenvalue weighted by molar-refractivity contribution is 7.83. The third-order valence-corrected chi connectivity index (χ3v) is 12.6. The number of alkyl halides is 1. The van der Waals surface area contributed by atoms with Gasteiger partial charge in [-0.15, -0.1) is 0 Å². The SMILES string of the molecule is Nc1nc2c(C3=Cc4nc(OC[C@@]56CCCN5CC(F)C6)nc(N5C6CNCC5COC6)c4S(=O)N3C3COC3)ccc(F)c2s1. The highest BCUT2D eigenvalue weighted by atomic mass is 32.2. The largest absolute Gasteiger partial charge is 0.461 e. The highest BCUT2D eigenvalue weighted by Crippen LogP contribution is 2.45. The number of rotatable bonds is 6. The van der Waals surface area contributed by atoms with Crippen molar-refractivity contribution in [1.29, 1.82) is 0 Å². The van der Waals surface area contributed by atoms with Crippen LogP contribution in [0.4, 0.5) is 19.7 Å². The Morgan fingerprint density at radius 1 is 1.13 bits per heavy atom. The monoisotopic (exact) mass is 672 g/mol. The van der Waals surface area contributed by atoms with Gasteiger partial charge in [-0.3, -0.25) is 9.21 Å². The molecular formula is C30H34F2N8O4S2.